The van der Waals surface area contributed by atoms with Crippen molar-refractivity contribution in [3.8, 4) is 0 Å². The molecule has 146 valence electrons. The largest absolute Gasteiger partial charge is 0.459 e. The number of aromatic nitrogens is 1. The summed E-state index contributed by atoms with van der Waals surface area (Å²) in [6.45, 7) is 9.04. The van der Waals surface area contributed by atoms with Gasteiger partial charge in [-0.05, 0) is 68.9 Å². The molecule has 3 heterocycles. The van der Waals surface area contributed by atoms with E-state index in [2.05, 4.69) is 48.0 Å². The van der Waals surface area contributed by atoms with Crippen LogP contribution < -0.4 is 0 Å². The topological polar surface area (TPSA) is 49.5 Å². The van der Waals surface area contributed by atoms with Crippen LogP contribution in [0.15, 0.2) is 40.9 Å². The minimum Gasteiger partial charge on any atom is -0.459 e. The molecule has 3 aromatic rings. The molecule has 1 N–H and O–H groups in total. The van der Waals surface area contributed by atoms with Gasteiger partial charge in [-0.3, -0.25) is 9.88 Å². The molecular weight excluding hydrogens is 348 g/mol. The summed E-state index contributed by atoms with van der Waals surface area (Å²) in [7, 11) is 0. The zero-order valence-electron chi connectivity index (χ0n) is 16.9. The SMILES string of the molecule is Cc1ccc(C2(O)CCC3CN(Cc4oc5ccc(C)cc5c4C)CC32)nc1. The predicted octanol–water partition coefficient (Wildman–Crippen LogP) is 4.48. The fraction of sp³-hybridized carbons (Fsp3) is 0.458. The number of aryl methyl sites for hydroxylation is 3. The highest BCUT2D eigenvalue weighted by molar-refractivity contribution is 5.82. The van der Waals surface area contributed by atoms with Gasteiger partial charge in [0, 0.05) is 30.6 Å². The highest BCUT2D eigenvalue weighted by Crippen LogP contribution is 2.50. The van der Waals surface area contributed by atoms with Crippen molar-refractivity contribution in [1.82, 2.24) is 9.88 Å². The zero-order valence-corrected chi connectivity index (χ0v) is 16.9. The molecule has 5 rings (SSSR count). The van der Waals surface area contributed by atoms with Crippen LogP contribution in [0.2, 0.25) is 0 Å². The molecule has 1 aliphatic heterocycles. The fourth-order valence-electron chi connectivity index (χ4n) is 5.30. The number of fused-ring (bicyclic) bond motifs is 2. The van der Waals surface area contributed by atoms with Crippen molar-refractivity contribution >= 4 is 11.0 Å². The number of likely N-dealkylation sites (tertiary alicyclic amines) is 1. The van der Waals surface area contributed by atoms with Crippen molar-refractivity contribution in [2.75, 3.05) is 13.1 Å². The van der Waals surface area contributed by atoms with Crippen LogP contribution in [0.4, 0.5) is 0 Å². The first kappa shape index (κ1) is 17.9. The second-order valence-electron chi connectivity index (χ2n) is 8.89. The van der Waals surface area contributed by atoms with Gasteiger partial charge in [0.2, 0.25) is 0 Å². The Kier molecular flexibility index (Phi) is 4.11. The van der Waals surface area contributed by atoms with E-state index in [0.29, 0.717) is 5.92 Å². The molecule has 1 aliphatic carbocycles. The number of rotatable bonds is 3. The lowest BCUT2D eigenvalue weighted by Crippen LogP contribution is -2.35. The third-order valence-electron chi connectivity index (χ3n) is 6.94. The molecular formula is C24H28N2O2. The number of nitrogens with zero attached hydrogens (tertiary/aromatic N) is 2. The summed E-state index contributed by atoms with van der Waals surface area (Å²) in [5.74, 6) is 1.83. The predicted molar refractivity (Wildman–Crippen MR) is 110 cm³/mol. The molecule has 3 atom stereocenters. The highest BCUT2D eigenvalue weighted by Gasteiger charge is 2.53. The van der Waals surface area contributed by atoms with E-state index in [1.807, 2.05) is 19.2 Å². The van der Waals surface area contributed by atoms with E-state index in [4.69, 9.17) is 4.42 Å². The quantitative estimate of drug-likeness (QED) is 0.732. The van der Waals surface area contributed by atoms with E-state index in [9.17, 15) is 5.11 Å². The van der Waals surface area contributed by atoms with E-state index >= 15 is 0 Å². The Hall–Kier alpha value is -2.17. The number of pyridine rings is 1. The van der Waals surface area contributed by atoms with Gasteiger partial charge in [-0.15, -0.1) is 0 Å². The monoisotopic (exact) mass is 376 g/mol. The van der Waals surface area contributed by atoms with E-state index in [-0.39, 0.29) is 5.92 Å². The molecule has 28 heavy (non-hydrogen) atoms. The van der Waals surface area contributed by atoms with Gasteiger partial charge >= 0.3 is 0 Å². The van der Waals surface area contributed by atoms with Crippen molar-refractivity contribution in [3.05, 3.63) is 64.7 Å². The number of benzene rings is 1. The van der Waals surface area contributed by atoms with Gasteiger partial charge in [0.05, 0.1) is 12.2 Å². The normalized spacial score (nSPS) is 27.6. The Labute approximate surface area is 166 Å². The molecule has 1 saturated heterocycles. The maximum atomic E-state index is 11.5. The highest BCUT2D eigenvalue weighted by atomic mass is 16.3. The molecule has 4 heteroatoms. The van der Waals surface area contributed by atoms with Gasteiger partial charge < -0.3 is 9.52 Å². The molecule has 1 saturated carbocycles. The average molecular weight is 377 g/mol. The summed E-state index contributed by atoms with van der Waals surface area (Å²) in [5, 5.41) is 12.7. The zero-order chi connectivity index (χ0) is 19.5. The molecule has 2 aliphatic rings. The third-order valence-corrected chi connectivity index (χ3v) is 6.94. The van der Waals surface area contributed by atoms with Crippen molar-refractivity contribution in [1.29, 1.82) is 0 Å². The number of aliphatic hydroxyl groups is 1. The van der Waals surface area contributed by atoms with Crippen LogP contribution in [0, 0.1) is 32.6 Å². The molecule has 3 unspecified atom stereocenters. The first-order valence-corrected chi connectivity index (χ1v) is 10.3. The van der Waals surface area contributed by atoms with E-state index in [1.165, 1.54) is 16.5 Å². The molecule has 2 aromatic heterocycles. The minimum atomic E-state index is -0.798. The van der Waals surface area contributed by atoms with Crippen LogP contribution in [-0.2, 0) is 12.1 Å². The summed E-state index contributed by atoms with van der Waals surface area (Å²) in [6.07, 6.45) is 3.74. The van der Waals surface area contributed by atoms with Crippen molar-refractivity contribution in [2.45, 2.75) is 45.8 Å². The lowest BCUT2D eigenvalue weighted by molar-refractivity contribution is -0.0110. The first-order valence-electron chi connectivity index (χ1n) is 10.3. The van der Waals surface area contributed by atoms with E-state index in [0.717, 1.165) is 55.1 Å². The Bertz CT molecular complexity index is 1020. The van der Waals surface area contributed by atoms with Gasteiger partial charge in [0.25, 0.3) is 0 Å². The number of hydrogen-bond donors (Lipinski definition) is 1. The van der Waals surface area contributed by atoms with Crippen LogP contribution in [0.5, 0.6) is 0 Å². The summed E-state index contributed by atoms with van der Waals surface area (Å²) in [4.78, 5) is 7.02. The van der Waals surface area contributed by atoms with Crippen LogP contribution >= 0.6 is 0 Å². The maximum Gasteiger partial charge on any atom is 0.134 e. The summed E-state index contributed by atoms with van der Waals surface area (Å²) >= 11 is 0. The molecule has 2 fully saturated rings. The summed E-state index contributed by atoms with van der Waals surface area (Å²) in [6, 6.07) is 10.4. The molecule has 0 spiro atoms. The Morgan fingerprint density at radius 2 is 1.96 bits per heavy atom. The smallest absolute Gasteiger partial charge is 0.134 e. The van der Waals surface area contributed by atoms with Gasteiger partial charge in [0.1, 0.15) is 16.9 Å². The average Bonchev–Trinajstić information content (AvgIpc) is 3.31. The molecule has 0 amide bonds. The number of hydrogen-bond acceptors (Lipinski definition) is 4. The standard InChI is InChI=1S/C24H28N2O2/c1-15-4-6-21-19(10-15)17(3)22(28-21)14-26-12-18-8-9-24(27,20(18)13-26)23-7-5-16(2)11-25-23/h4-7,10-11,18,20,27H,8-9,12-14H2,1-3H3. The first-order chi connectivity index (χ1) is 13.4. The van der Waals surface area contributed by atoms with E-state index in [1.54, 1.807) is 0 Å². The molecule has 0 bridgehead atoms. The third kappa shape index (κ3) is 2.78. The summed E-state index contributed by atoms with van der Waals surface area (Å²) in [5.41, 5.74) is 4.64. The van der Waals surface area contributed by atoms with Crippen LogP contribution in [-0.4, -0.2) is 28.1 Å². The maximum absolute atomic E-state index is 11.5. The lowest BCUT2D eigenvalue weighted by atomic mass is 9.85. The lowest BCUT2D eigenvalue weighted by Gasteiger charge is -2.29. The summed E-state index contributed by atoms with van der Waals surface area (Å²) < 4.78 is 6.17. The van der Waals surface area contributed by atoms with Gasteiger partial charge in [-0.25, -0.2) is 0 Å². The van der Waals surface area contributed by atoms with Crippen molar-refractivity contribution < 1.29 is 9.52 Å². The van der Waals surface area contributed by atoms with Crippen molar-refractivity contribution in [3.63, 3.8) is 0 Å². The van der Waals surface area contributed by atoms with Gasteiger partial charge in [-0.2, -0.15) is 0 Å². The van der Waals surface area contributed by atoms with E-state index < -0.39 is 5.60 Å². The van der Waals surface area contributed by atoms with Crippen LogP contribution in [0.25, 0.3) is 11.0 Å². The Balaban J connectivity index is 1.37. The molecule has 0 radical (unpaired) electrons. The fourth-order valence-corrected chi connectivity index (χ4v) is 5.30. The second kappa shape index (κ2) is 6.43. The van der Waals surface area contributed by atoms with Gasteiger partial charge in [-0.1, -0.05) is 17.7 Å². The number of furan rings is 1. The van der Waals surface area contributed by atoms with Crippen molar-refractivity contribution in [2.24, 2.45) is 11.8 Å². The molecule has 1 aromatic carbocycles. The Morgan fingerprint density at radius 1 is 1.14 bits per heavy atom. The molecule has 4 nitrogen and oxygen atoms in total. The Morgan fingerprint density at radius 3 is 2.75 bits per heavy atom. The van der Waals surface area contributed by atoms with Gasteiger partial charge in [0.15, 0.2) is 0 Å². The minimum absolute atomic E-state index is 0.245. The van der Waals surface area contributed by atoms with Crippen LogP contribution in [0.1, 0.15) is 41.0 Å². The second-order valence-corrected chi connectivity index (χ2v) is 8.89. The van der Waals surface area contributed by atoms with Crippen LogP contribution in [0.3, 0.4) is 0 Å².